The van der Waals surface area contributed by atoms with Crippen molar-refractivity contribution >= 4 is 41.1 Å². The Hall–Kier alpha value is -2.11. The van der Waals surface area contributed by atoms with Crippen LogP contribution in [0.25, 0.3) is 12.2 Å². The van der Waals surface area contributed by atoms with Gasteiger partial charge in [-0.15, -0.1) is 0 Å². The minimum absolute atomic E-state index is 0.280. The monoisotopic (exact) mass is 482 g/mol. The molecule has 2 aromatic rings. The van der Waals surface area contributed by atoms with Crippen molar-refractivity contribution < 1.29 is 22.4 Å². The summed E-state index contributed by atoms with van der Waals surface area (Å²) in [6.07, 6.45) is 4.90. The molecule has 2 aliphatic carbocycles. The highest BCUT2D eigenvalue weighted by Crippen LogP contribution is 2.63. The third-order valence-electron chi connectivity index (χ3n) is 6.59. The van der Waals surface area contributed by atoms with Gasteiger partial charge in [0, 0.05) is 22.9 Å². The SMILES string of the molecule is CC1(c2cc(Cl)ccc2C=CC(=O)C=Cc2ccc(Cl)cc2C2(C)CC2(F)F)CC1(F)F. The molecule has 0 bridgehead atoms. The maximum absolute atomic E-state index is 13.9. The van der Waals surface area contributed by atoms with Gasteiger partial charge in [0.15, 0.2) is 5.78 Å². The average Bonchev–Trinajstić information content (AvgIpc) is 3.45. The van der Waals surface area contributed by atoms with Gasteiger partial charge in [-0.1, -0.05) is 47.5 Å². The molecular weight excluding hydrogens is 463 g/mol. The highest BCUT2D eigenvalue weighted by atomic mass is 35.5. The fraction of sp³-hybridized carbons (Fsp3) is 0.320. The Labute approximate surface area is 193 Å². The highest BCUT2D eigenvalue weighted by Gasteiger charge is 2.69. The van der Waals surface area contributed by atoms with Crippen molar-refractivity contribution in [2.24, 2.45) is 0 Å². The Morgan fingerprint density at radius 2 is 1.12 bits per heavy atom. The van der Waals surface area contributed by atoms with Crippen LogP contribution >= 0.6 is 23.2 Å². The lowest BCUT2D eigenvalue weighted by Crippen LogP contribution is -2.13. The smallest absolute Gasteiger partial charge is 0.258 e. The molecule has 0 aromatic heterocycles. The number of alkyl halides is 4. The van der Waals surface area contributed by atoms with Gasteiger partial charge in [-0.3, -0.25) is 4.79 Å². The molecule has 32 heavy (non-hydrogen) atoms. The van der Waals surface area contributed by atoms with Gasteiger partial charge in [0.25, 0.3) is 11.8 Å². The molecule has 0 spiro atoms. The largest absolute Gasteiger partial charge is 0.290 e. The first-order valence-electron chi connectivity index (χ1n) is 10.0. The van der Waals surface area contributed by atoms with Crippen molar-refractivity contribution in [1.82, 2.24) is 0 Å². The summed E-state index contributed by atoms with van der Waals surface area (Å²) in [6.45, 7) is 2.93. The van der Waals surface area contributed by atoms with E-state index in [1.165, 1.54) is 50.3 Å². The van der Waals surface area contributed by atoms with E-state index in [-0.39, 0.29) is 12.8 Å². The second-order valence-electron chi connectivity index (χ2n) is 8.96. The Morgan fingerprint density at radius 3 is 1.44 bits per heavy atom. The van der Waals surface area contributed by atoms with E-state index in [0.717, 1.165) is 0 Å². The maximum Gasteiger partial charge on any atom is 0.258 e. The molecule has 2 unspecified atom stereocenters. The molecule has 1 nitrogen and oxygen atoms in total. The van der Waals surface area contributed by atoms with Gasteiger partial charge in [0.1, 0.15) is 0 Å². The first-order valence-corrected chi connectivity index (χ1v) is 10.8. The van der Waals surface area contributed by atoms with Crippen LogP contribution in [0, 0.1) is 0 Å². The minimum atomic E-state index is -2.82. The van der Waals surface area contributed by atoms with E-state index in [1.807, 2.05) is 0 Å². The molecule has 0 N–H and O–H groups in total. The zero-order valence-corrected chi connectivity index (χ0v) is 18.9. The van der Waals surface area contributed by atoms with Gasteiger partial charge in [0.2, 0.25) is 0 Å². The molecule has 4 rings (SSSR count). The normalized spacial score (nSPS) is 27.8. The van der Waals surface area contributed by atoms with Gasteiger partial charge in [-0.2, -0.15) is 0 Å². The van der Waals surface area contributed by atoms with Crippen LogP contribution < -0.4 is 0 Å². The third kappa shape index (κ3) is 3.90. The number of allylic oxidation sites excluding steroid dienone is 2. The predicted octanol–water partition coefficient (Wildman–Crippen LogP) is 7.88. The Bertz CT molecular complexity index is 1080. The van der Waals surface area contributed by atoms with E-state index < -0.39 is 28.5 Å². The van der Waals surface area contributed by atoms with Crippen LogP contribution in [-0.2, 0) is 15.6 Å². The van der Waals surface area contributed by atoms with Gasteiger partial charge < -0.3 is 0 Å². The molecule has 168 valence electrons. The van der Waals surface area contributed by atoms with Gasteiger partial charge in [0.05, 0.1) is 10.8 Å². The lowest BCUT2D eigenvalue weighted by molar-refractivity contribution is -0.110. The van der Waals surface area contributed by atoms with Crippen molar-refractivity contribution in [2.45, 2.75) is 49.4 Å². The zero-order valence-electron chi connectivity index (χ0n) is 17.4. The molecule has 2 atom stereocenters. The van der Waals surface area contributed by atoms with Crippen molar-refractivity contribution in [2.75, 3.05) is 0 Å². The second-order valence-corrected chi connectivity index (χ2v) is 9.83. The Morgan fingerprint density at radius 1 is 0.781 bits per heavy atom. The van der Waals surface area contributed by atoms with Crippen LogP contribution in [0.2, 0.25) is 10.0 Å². The van der Waals surface area contributed by atoms with Crippen LogP contribution in [0.15, 0.2) is 48.6 Å². The molecule has 2 saturated carbocycles. The first-order chi connectivity index (χ1) is 14.8. The number of carbonyl (C=O) groups excluding carboxylic acids is 1. The van der Waals surface area contributed by atoms with Crippen molar-refractivity contribution in [1.29, 1.82) is 0 Å². The van der Waals surface area contributed by atoms with Crippen molar-refractivity contribution in [3.8, 4) is 0 Å². The molecule has 7 heteroatoms. The Kier molecular flexibility index (Phi) is 5.38. The number of halogens is 6. The number of rotatable bonds is 6. The van der Waals surface area contributed by atoms with Gasteiger partial charge in [-0.05, 0) is 72.5 Å². The van der Waals surface area contributed by atoms with E-state index >= 15 is 0 Å². The first kappa shape index (κ1) is 23.1. The Balaban J connectivity index is 1.57. The molecule has 0 aliphatic heterocycles. The fourth-order valence-corrected chi connectivity index (χ4v) is 4.43. The molecule has 0 radical (unpaired) electrons. The lowest BCUT2D eigenvalue weighted by Gasteiger charge is -2.15. The van der Waals surface area contributed by atoms with Crippen LogP contribution in [0.3, 0.4) is 0 Å². The predicted molar refractivity (Wildman–Crippen MR) is 120 cm³/mol. The van der Waals surface area contributed by atoms with Crippen molar-refractivity contribution in [3.05, 3.63) is 80.8 Å². The quantitative estimate of drug-likeness (QED) is 0.302. The molecule has 0 saturated heterocycles. The van der Waals surface area contributed by atoms with E-state index in [0.29, 0.717) is 32.3 Å². The van der Waals surface area contributed by atoms with Crippen LogP contribution in [-0.4, -0.2) is 17.6 Å². The fourth-order valence-electron chi connectivity index (χ4n) is 4.09. The number of ketones is 1. The van der Waals surface area contributed by atoms with Crippen LogP contribution in [0.4, 0.5) is 17.6 Å². The van der Waals surface area contributed by atoms with Crippen LogP contribution in [0.1, 0.15) is 48.9 Å². The van der Waals surface area contributed by atoms with Crippen molar-refractivity contribution in [3.63, 3.8) is 0 Å². The summed E-state index contributed by atoms with van der Waals surface area (Å²) in [5.41, 5.74) is -0.917. The zero-order chi connectivity index (χ0) is 23.5. The number of benzene rings is 2. The van der Waals surface area contributed by atoms with Crippen LogP contribution in [0.5, 0.6) is 0 Å². The molecular formula is C25H20Cl2F4O. The summed E-state index contributed by atoms with van der Waals surface area (Å²) in [5.74, 6) is -6.06. The summed E-state index contributed by atoms with van der Waals surface area (Å²) in [6, 6.07) is 9.34. The number of carbonyl (C=O) groups is 1. The van der Waals surface area contributed by atoms with E-state index in [9.17, 15) is 22.4 Å². The maximum atomic E-state index is 13.9. The molecule has 0 amide bonds. The average molecular weight is 483 g/mol. The molecule has 2 fully saturated rings. The van der Waals surface area contributed by atoms with Gasteiger partial charge in [-0.25, -0.2) is 17.6 Å². The molecule has 2 aliphatic rings. The van der Waals surface area contributed by atoms with E-state index in [2.05, 4.69) is 0 Å². The summed E-state index contributed by atoms with van der Waals surface area (Å²) in [5, 5.41) is 0.681. The molecule has 2 aromatic carbocycles. The lowest BCUT2D eigenvalue weighted by atomic mass is 9.91. The minimum Gasteiger partial charge on any atom is -0.290 e. The third-order valence-corrected chi connectivity index (χ3v) is 7.06. The van der Waals surface area contributed by atoms with E-state index in [1.54, 1.807) is 24.3 Å². The molecule has 0 heterocycles. The van der Waals surface area contributed by atoms with E-state index in [4.69, 9.17) is 23.2 Å². The summed E-state index contributed by atoms with van der Waals surface area (Å²) >= 11 is 12.0. The summed E-state index contributed by atoms with van der Waals surface area (Å²) in [4.78, 5) is 12.4. The van der Waals surface area contributed by atoms with Gasteiger partial charge >= 0.3 is 0 Å². The second kappa shape index (κ2) is 7.46. The topological polar surface area (TPSA) is 17.1 Å². The summed E-state index contributed by atoms with van der Waals surface area (Å²) < 4.78 is 55.6. The number of hydrogen-bond acceptors (Lipinski definition) is 1. The summed E-state index contributed by atoms with van der Waals surface area (Å²) in [7, 11) is 0. The highest BCUT2D eigenvalue weighted by molar-refractivity contribution is 6.31. The standard InChI is InChI=1S/C25H20Cl2F4O/c1-22(13-24(22,28)29)20-11-17(26)7-3-15(20)5-9-19(32)10-6-16-4-8-18(27)12-21(16)23(2)14-25(23,30)31/h3-12H,13-14H2,1-2H3. The number of hydrogen-bond donors (Lipinski definition) is 0.